The summed E-state index contributed by atoms with van der Waals surface area (Å²) in [6.07, 6.45) is 1.85. The maximum atomic E-state index is 4.69. The molecule has 0 saturated carbocycles. The van der Waals surface area contributed by atoms with Crippen LogP contribution in [0.15, 0.2) is 47.3 Å². The molecule has 0 unspecified atom stereocenters. The van der Waals surface area contributed by atoms with E-state index in [4.69, 9.17) is 4.98 Å². The molecule has 0 saturated heterocycles. The van der Waals surface area contributed by atoms with Crippen molar-refractivity contribution in [3.63, 3.8) is 0 Å². The molecule has 0 spiro atoms. The number of nitrogens with zero attached hydrogens (tertiary/aromatic N) is 2. The predicted molar refractivity (Wildman–Crippen MR) is 74.7 cm³/mol. The third kappa shape index (κ3) is 1.36. The second kappa shape index (κ2) is 3.65. The van der Waals surface area contributed by atoms with Gasteiger partial charge in [-0.05, 0) is 0 Å². The summed E-state index contributed by atoms with van der Waals surface area (Å²) >= 11 is 1.66. The van der Waals surface area contributed by atoms with Gasteiger partial charge in [0.05, 0.1) is 17.2 Å². The van der Waals surface area contributed by atoms with Gasteiger partial charge in [0.15, 0.2) is 0 Å². The molecule has 0 amide bonds. The molecule has 0 aliphatic carbocycles. The van der Waals surface area contributed by atoms with Crippen LogP contribution in [-0.4, -0.2) is 15.0 Å². The molecule has 1 N–H and O–H groups in total. The number of thiophene rings is 1. The number of fused-ring (bicyclic) bond motifs is 3. The van der Waals surface area contributed by atoms with Crippen LogP contribution in [0, 0.1) is 0 Å². The number of H-pyrrole nitrogens is 1. The van der Waals surface area contributed by atoms with E-state index in [2.05, 4.69) is 27.5 Å². The molecular formula is C14H9N3S. The molecule has 3 heterocycles. The Kier molecular flexibility index (Phi) is 1.98. The SMILES string of the molecule is c1ccc(-c2nc3c(cnc4cscc43)[nH]2)cc1. The molecule has 0 atom stereocenters. The van der Waals surface area contributed by atoms with Crippen molar-refractivity contribution < 1.29 is 0 Å². The molecule has 1 aromatic carbocycles. The number of hydrogen-bond acceptors (Lipinski definition) is 3. The number of rotatable bonds is 1. The summed E-state index contributed by atoms with van der Waals surface area (Å²) in [4.78, 5) is 12.4. The summed E-state index contributed by atoms with van der Waals surface area (Å²) in [6.45, 7) is 0. The average Bonchev–Trinajstić information content (AvgIpc) is 3.05. The van der Waals surface area contributed by atoms with Crippen LogP contribution < -0.4 is 0 Å². The first kappa shape index (κ1) is 9.79. The highest BCUT2D eigenvalue weighted by Gasteiger charge is 2.09. The second-order valence-corrected chi connectivity index (χ2v) is 4.89. The quantitative estimate of drug-likeness (QED) is 0.558. The Balaban J connectivity index is 2.04. The van der Waals surface area contributed by atoms with E-state index in [0.29, 0.717) is 0 Å². The fourth-order valence-electron chi connectivity index (χ4n) is 2.12. The number of imidazole rings is 1. The maximum Gasteiger partial charge on any atom is 0.138 e. The topological polar surface area (TPSA) is 41.6 Å². The molecule has 4 heteroatoms. The van der Waals surface area contributed by atoms with Gasteiger partial charge in [-0.3, -0.25) is 4.98 Å². The second-order valence-electron chi connectivity index (χ2n) is 4.14. The number of hydrogen-bond donors (Lipinski definition) is 1. The van der Waals surface area contributed by atoms with Crippen molar-refractivity contribution in [2.24, 2.45) is 0 Å². The Morgan fingerprint density at radius 3 is 2.83 bits per heavy atom. The summed E-state index contributed by atoms with van der Waals surface area (Å²) < 4.78 is 0. The van der Waals surface area contributed by atoms with Crippen LogP contribution in [0.5, 0.6) is 0 Å². The largest absolute Gasteiger partial charge is 0.337 e. The highest BCUT2D eigenvalue weighted by atomic mass is 32.1. The fraction of sp³-hybridized carbons (Fsp3) is 0. The van der Waals surface area contributed by atoms with Crippen molar-refractivity contribution in [2.45, 2.75) is 0 Å². The van der Waals surface area contributed by atoms with Crippen molar-refractivity contribution in [2.75, 3.05) is 0 Å². The summed E-state index contributed by atoms with van der Waals surface area (Å²) in [5, 5.41) is 5.27. The van der Waals surface area contributed by atoms with Crippen LogP contribution in [0.3, 0.4) is 0 Å². The molecule has 0 radical (unpaired) electrons. The van der Waals surface area contributed by atoms with Crippen molar-refractivity contribution >= 4 is 33.3 Å². The first-order valence-electron chi connectivity index (χ1n) is 5.68. The number of nitrogens with one attached hydrogen (secondary N) is 1. The molecule has 3 aromatic heterocycles. The lowest BCUT2D eigenvalue weighted by molar-refractivity contribution is 1.33. The molecule has 86 valence electrons. The molecule has 0 fully saturated rings. The maximum absolute atomic E-state index is 4.69. The lowest BCUT2D eigenvalue weighted by Gasteiger charge is -1.93. The fourth-order valence-corrected chi connectivity index (χ4v) is 2.87. The zero-order valence-electron chi connectivity index (χ0n) is 9.42. The van der Waals surface area contributed by atoms with E-state index in [-0.39, 0.29) is 0 Å². The Morgan fingerprint density at radius 1 is 1.06 bits per heavy atom. The molecule has 0 aliphatic heterocycles. The Labute approximate surface area is 107 Å². The van der Waals surface area contributed by atoms with Gasteiger partial charge in [-0.2, -0.15) is 0 Å². The minimum absolute atomic E-state index is 0.895. The van der Waals surface area contributed by atoms with Crippen LogP contribution in [-0.2, 0) is 0 Å². The lowest BCUT2D eigenvalue weighted by atomic mass is 10.2. The van der Waals surface area contributed by atoms with Crippen LogP contribution >= 0.6 is 11.3 Å². The van der Waals surface area contributed by atoms with E-state index < -0.39 is 0 Å². The van der Waals surface area contributed by atoms with Gasteiger partial charge < -0.3 is 4.98 Å². The highest BCUT2D eigenvalue weighted by molar-refractivity contribution is 7.09. The minimum Gasteiger partial charge on any atom is -0.337 e. The highest BCUT2D eigenvalue weighted by Crippen LogP contribution is 2.27. The van der Waals surface area contributed by atoms with Crippen molar-refractivity contribution in [3.8, 4) is 11.4 Å². The van der Waals surface area contributed by atoms with Gasteiger partial charge in [0.25, 0.3) is 0 Å². The van der Waals surface area contributed by atoms with Gasteiger partial charge in [-0.25, -0.2) is 4.98 Å². The molecule has 0 bridgehead atoms. The van der Waals surface area contributed by atoms with E-state index >= 15 is 0 Å². The van der Waals surface area contributed by atoms with Gasteiger partial charge in [0, 0.05) is 21.7 Å². The standard InChI is InChI=1S/C14H9N3S/c1-2-4-9(5-3-1)14-16-11-6-15-12-8-18-7-10(12)13(11)17-14/h1-8H,(H,16,17). The van der Waals surface area contributed by atoms with Gasteiger partial charge in [-0.15, -0.1) is 11.3 Å². The van der Waals surface area contributed by atoms with Crippen LogP contribution in [0.25, 0.3) is 33.3 Å². The Hall–Kier alpha value is -2.20. The molecule has 3 nitrogen and oxygen atoms in total. The zero-order valence-corrected chi connectivity index (χ0v) is 10.2. The van der Waals surface area contributed by atoms with E-state index in [1.807, 2.05) is 29.8 Å². The molecular weight excluding hydrogens is 242 g/mol. The summed E-state index contributed by atoms with van der Waals surface area (Å²) in [5.41, 5.74) is 4.09. The molecule has 18 heavy (non-hydrogen) atoms. The van der Waals surface area contributed by atoms with Gasteiger partial charge in [0.2, 0.25) is 0 Å². The lowest BCUT2D eigenvalue weighted by Crippen LogP contribution is -1.77. The predicted octanol–water partition coefficient (Wildman–Crippen LogP) is 3.84. The number of pyridine rings is 1. The van der Waals surface area contributed by atoms with Crippen molar-refractivity contribution in [3.05, 3.63) is 47.3 Å². The van der Waals surface area contributed by atoms with Crippen molar-refractivity contribution in [1.29, 1.82) is 0 Å². The van der Waals surface area contributed by atoms with E-state index in [9.17, 15) is 0 Å². The van der Waals surface area contributed by atoms with Crippen LogP contribution in [0.4, 0.5) is 0 Å². The minimum atomic E-state index is 0.895. The number of aromatic nitrogens is 3. The smallest absolute Gasteiger partial charge is 0.138 e. The molecule has 4 rings (SSSR count). The van der Waals surface area contributed by atoms with E-state index in [1.165, 1.54) is 0 Å². The van der Waals surface area contributed by atoms with Gasteiger partial charge in [-0.1, -0.05) is 30.3 Å². The van der Waals surface area contributed by atoms with Crippen molar-refractivity contribution in [1.82, 2.24) is 15.0 Å². The monoisotopic (exact) mass is 251 g/mol. The van der Waals surface area contributed by atoms with Gasteiger partial charge >= 0.3 is 0 Å². The number of aromatic amines is 1. The van der Waals surface area contributed by atoms with Gasteiger partial charge in [0.1, 0.15) is 11.3 Å². The normalized spacial score (nSPS) is 11.3. The summed E-state index contributed by atoms with van der Waals surface area (Å²) in [6, 6.07) is 10.1. The first-order valence-corrected chi connectivity index (χ1v) is 6.62. The van der Waals surface area contributed by atoms with Crippen LogP contribution in [0.2, 0.25) is 0 Å². The zero-order chi connectivity index (χ0) is 11.9. The average molecular weight is 251 g/mol. The molecule has 4 aromatic rings. The Morgan fingerprint density at radius 2 is 1.94 bits per heavy atom. The third-order valence-electron chi connectivity index (χ3n) is 3.01. The summed E-state index contributed by atoms with van der Waals surface area (Å²) in [7, 11) is 0. The van der Waals surface area contributed by atoms with Crippen LogP contribution in [0.1, 0.15) is 0 Å². The first-order chi connectivity index (χ1) is 8.92. The van der Waals surface area contributed by atoms with E-state index in [0.717, 1.165) is 33.3 Å². The molecule has 0 aliphatic rings. The van der Waals surface area contributed by atoms with E-state index in [1.54, 1.807) is 11.3 Å². The Bertz CT molecular complexity index is 830. The number of benzene rings is 1. The summed E-state index contributed by atoms with van der Waals surface area (Å²) in [5.74, 6) is 0.895. The third-order valence-corrected chi connectivity index (χ3v) is 3.74.